The lowest BCUT2D eigenvalue weighted by Gasteiger charge is -2.37. The third-order valence-corrected chi connectivity index (χ3v) is 3.95. The second kappa shape index (κ2) is 6.71. The smallest absolute Gasteiger partial charge is 0.272 e. The number of likely N-dealkylation sites (tertiary alicyclic amines) is 1. The molecule has 1 fully saturated rings. The number of hydrogen-bond donors (Lipinski definition) is 1. The maximum absolute atomic E-state index is 12.6. The van der Waals surface area contributed by atoms with Crippen molar-refractivity contribution in [3.8, 4) is 0 Å². The van der Waals surface area contributed by atoms with Gasteiger partial charge in [0, 0.05) is 45.3 Å². The summed E-state index contributed by atoms with van der Waals surface area (Å²) in [4.78, 5) is 25.5. The molecule has 7 nitrogen and oxygen atoms in total. The van der Waals surface area contributed by atoms with Crippen LogP contribution in [0.15, 0.2) is 12.3 Å². The Morgan fingerprint density at radius 2 is 2.29 bits per heavy atom. The van der Waals surface area contributed by atoms with E-state index in [1.165, 1.54) is 0 Å². The zero-order chi connectivity index (χ0) is 15.4. The topological polar surface area (TPSA) is 90.4 Å². The molecule has 2 heterocycles. The highest BCUT2D eigenvalue weighted by Crippen LogP contribution is 2.24. The van der Waals surface area contributed by atoms with Gasteiger partial charge in [-0.2, -0.15) is 5.10 Å². The first-order chi connectivity index (χ1) is 10.1. The number of rotatable bonds is 5. The van der Waals surface area contributed by atoms with Crippen LogP contribution < -0.4 is 5.73 Å². The van der Waals surface area contributed by atoms with Gasteiger partial charge >= 0.3 is 0 Å². The van der Waals surface area contributed by atoms with Crippen molar-refractivity contribution in [1.82, 2.24) is 14.7 Å². The van der Waals surface area contributed by atoms with Crippen LogP contribution in [0.1, 0.15) is 30.3 Å². The van der Waals surface area contributed by atoms with Crippen molar-refractivity contribution in [2.24, 2.45) is 11.7 Å². The Morgan fingerprint density at radius 1 is 1.52 bits per heavy atom. The van der Waals surface area contributed by atoms with E-state index < -0.39 is 0 Å². The molecule has 2 atom stereocenters. The monoisotopic (exact) mass is 294 g/mol. The molecule has 0 radical (unpaired) electrons. The predicted octanol–water partition coefficient (Wildman–Crippen LogP) is 0.256. The lowest BCUT2D eigenvalue weighted by atomic mass is 9.91. The van der Waals surface area contributed by atoms with Crippen LogP contribution in [0.5, 0.6) is 0 Å². The fraction of sp³-hybridized carbons (Fsp3) is 0.643. The van der Waals surface area contributed by atoms with Crippen molar-refractivity contribution >= 4 is 11.8 Å². The Hall–Kier alpha value is -1.89. The minimum absolute atomic E-state index is 0.0300. The molecule has 21 heavy (non-hydrogen) atoms. The summed E-state index contributed by atoms with van der Waals surface area (Å²) in [6.45, 7) is 3.68. The summed E-state index contributed by atoms with van der Waals surface area (Å²) in [5.41, 5.74) is 5.87. The highest BCUT2D eigenvalue weighted by molar-refractivity contribution is 5.92. The second-order valence-corrected chi connectivity index (χ2v) is 5.28. The molecule has 1 saturated heterocycles. The molecule has 1 aromatic heterocycles. The summed E-state index contributed by atoms with van der Waals surface area (Å²) in [6, 6.07) is 1.72. The molecule has 1 aliphatic rings. The van der Waals surface area contributed by atoms with E-state index in [0.29, 0.717) is 31.7 Å². The average Bonchev–Trinajstić information content (AvgIpc) is 2.94. The second-order valence-electron chi connectivity index (χ2n) is 5.28. The first kappa shape index (κ1) is 15.5. The van der Waals surface area contributed by atoms with Crippen molar-refractivity contribution in [1.29, 1.82) is 0 Å². The summed E-state index contributed by atoms with van der Waals surface area (Å²) in [5.74, 6) is -0.475. The van der Waals surface area contributed by atoms with Crippen LogP contribution in [0, 0.1) is 5.92 Å². The zero-order valence-electron chi connectivity index (χ0n) is 12.5. The first-order valence-electron chi connectivity index (χ1n) is 7.19. The molecule has 0 aromatic carbocycles. The number of amides is 2. The van der Waals surface area contributed by atoms with Crippen LogP contribution in [0.2, 0.25) is 0 Å². The Balaban J connectivity index is 2.10. The fourth-order valence-corrected chi connectivity index (χ4v) is 2.89. The number of aromatic nitrogens is 2. The van der Waals surface area contributed by atoms with Crippen LogP contribution in [-0.4, -0.2) is 52.8 Å². The molecule has 116 valence electrons. The molecular weight excluding hydrogens is 272 g/mol. The van der Waals surface area contributed by atoms with Gasteiger partial charge in [0.25, 0.3) is 5.91 Å². The van der Waals surface area contributed by atoms with E-state index in [-0.39, 0.29) is 30.3 Å². The largest absolute Gasteiger partial charge is 0.381 e. The molecule has 0 spiro atoms. The van der Waals surface area contributed by atoms with E-state index in [0.717, 1.165) is 0 Å². The third-order valence-electron chi connectivity index (χ3n) is 3.95. The van der Waals surface area contributed by atoms with Gasteiger partial charge in [0.2, 0.25) is 5.91 Å². The van der Waals surface area contributed by atoms with E-state index >= 15 is 0 Å². The van der Waals surface area contributed by atoms with Gasteiger partial charge in [0.05, 0.1) is 6.10 Å². The molecular formula is C14H22N4O3. The van der Waals surface area contributed by atoms with Crippen LogP contribution in [-0.2, 0) is 16.1 Å². The average molecular weight is 294 g/mol. The number of aryl methyl sites for hydroxylation is 1. The lowest BCUT2D eigenvalue weighted by Crippen LogP contribution is -2.48. The van der Waals surface area contributed by atoms with E-state index in [2.05, 4.69) is 5.10 Å². The van der Waals surface area contributed by atoms with Gasteiger partial charge in [-0.3, -0.25) is 14.3 Å². The van der Waals surface area contributed by atoms with Gasteiger partial charge in [0.15, 0.2) is 0 Å². The summed E-state index contributed by atoms with van der Waals surface area (Å²) in [5, 5.41) is 4.12. The number of carbonyl (C=O) groups excluding carboxylic acids is 2. The van der Waals surface area contributed by atoms with Crippen LogP contribution >= 0.6 is 0 Å². The number of hydrogen-bond acceptors (Lipinski definition) is 4. The molecule has 2 amide bonds. The number of carbonyl (C=O) groups is 2. The maximum atomic E-state index is 12.6. The van der Waals surface area contributed by atoms with Crippen molar-refractivity contribution in [2.45, 2.75) is 32.4 Å². The summed E-state index contributed by atoms with van der Waals surface area (Å²) in [6.07, 6.45) is 2.53. The highest BCUT2D eigenvalue weighted by atomic mass is 16.5. The molecule has 0 unspecified atom stereocenters. The standard InChI is InChI=1S/C14H22N4O3/c1-3-18-11(4-6-16-18)14(20)17-7-5-12(21-2)10(9-17)8-13(15)19/h4,6,10,12H,3,5,7-9H2,1-2H3,(H2,15,19)/t10-,12-/m1/s1. The van der Waals surface area contributed by atoms with Crippen LogP contribution in [0.4, 0.5) is 0 Å². The van der Waals surface area contributed by atoms with E-state index in [1.54, 1.807) is 29.0 Å². The number of nitrogens with zero attached hydrogens (tertiary/aromatic N) is 3. The Bertz CT molecular complexity index is 514. The SMILES string of the molecule is CCn1nccc1C(=O)N1CC[C@@H](OC)[C@H](CC(N)=O)C1. The van der Waals surface area contributed by atoms with Gasteiger partial charge in [-0.1, -0.05) is 0 Å². The minimum atomic E-state index is -0.366. The van der Waals surface area contributed by atoms with E-state index in [4.69, 9.17) is 10.5 Å². The molecule has 1 aromatic rings. The van der Waals surface area contributed by atoms with Crippen molar-refractivity contribution in [3.63, 3.8) is 0 Å². The molecule has 2 N–H and O–H groups in total. The zero-order valence-corrected chi connectivity index (χ0v) is 12.5. The number of primary amides is 1. The van der Waals surface area contributed by atoms with Crippen LogP contribution in [0.3, 0.4) is 0 Å². The van der Waals surface area contributed by atoms with Crippen LogP contribution in [0.25, 0.3) is 0 Å². The quantitative estimate of drug-likeness (QED) is 0.843. The number of piperidine rings is 1. The maximum Gasteiger partial charge on any atom is 0.272 e. The summed E-state index contributed by atoms with van der Waals surface area (Å²) < 4.78 is 7.08. The molecule has 7 heteroatoms. The van der Waals surface area contributed by atoms with Gasteiger partial charge < -0.3 is 15.4 Å². The van der Waals surface area contributed by atoms with Gasteiger partial charge in [-0.25, -0.2) is 0 Å². The van der Waals surface area contributed by atoms with E-state index in [1.807, 2.05) is 6.92 Å². The third kappa shape index (κ3) is 3.41. The molecule has 0 saturated carbocycles. The molecule has 2 rings (SSSR count). The highest BCUT2D eigenvalue weighted by Gasteiger charge is 2.33. The van der Waals surface area contributed by atoms with Gasteiger partial charge in [0.1, 0.15) is 5.69 Å². The van der Waals surface area contributed by atoms with E-state index in [9.17, 15) is 9.59 Å². The Kier molecular flexibility index (Phi) is 4.95. The van der Waals surface area contributed by atoms with Gasteiger partial charge in [-0.15, -0.1) is 0 Å². The molecule has 0 bridgehead atoms. The summed E-state index contributed by atoms with van der Waals surface area (Å²) >= 11 is 0. The normalized spacial score (nSPS) is 22.3. The summed E-state index contributed by atoms with van der Waals surface area (Å²) in [7, 11) is 1.63. The van der Waals surface area contributed by atoms with Crippen molar-refractivity contribution in [3.05, 3.63) is 18.0 Å². The van der Waals surface area contributed by atoms with Gasteiger partial charge in [-0.05, 0) is 19.4 Å². The number of ether oxygens (including phenoxy) is 1. The Morgan fingerprint density at radius 3 is 2.90 bits per heavy atom. The molecule has 1 aliphatic heterocycles. The Labute approximate surface area is 124 Å². The lowest BCUT2D eigenvalue weighted by molar-refractivity contribution is -0.121. The minimum Gasteiger partial charge on any atom is -0.381 e. The number of nitrogens with two attached hydrogens (primary N) is 1. The van der Waals surface area contributed by atoms with Crippen molar-refractivity contribution in [2.75, 3.05) is 20.2 Å². The van der Waals surface area contributed by atoms with Crippen molar-refractivity contribution < 1.29 is 14.3 Å². The molecule has 0 aliphatic carbocycles. The fourth-order valence-electron chi connectivity index (χ4n) is 2.89. The predicted molar refractivity (Wildman–Crippen MR) is 76.5 cm³/mol. The number of methoxy groups -OCH3 is 1. The first-order valence-corrected chi connectivity index (χ1v) is 7.19.